The van der Waals surface area contributed by atoms with Crippen molar-refractivity contribution in [3.8, 4) is 11.3 Å². The van der Waals surface area contributed by atoms with E-state index in [1.165, 1.54) is 36.4 Å². The molecule has 1 aliphatic heterocycles. The number of cyclic esters (lactones) is 1. The minimum atomic E-state index is -0.790. The standard InChI is InChI=1S/C19H19FN6O4/c1-11(27)22-9-14-10-26(19(29)30-14)13-3-4-15(16(20)6-13)17-5-2-12(7-23-17)8-24-25-18(21)28/h2-8,14H,9-10H2,1H3,(H,22,27)(H3,21,25,28)/t14-/m0/s1. The van der Waals surface area contributed by atoms with Crippen LogP contribution < -0.4 is 21.4 Å². The third kappa shape index (κ3) is 5.07. The molecule has 0 radical (unpaired) electrons. The summed E-state index contributed by atoms with van der Waals surface area (Å²) in [4.78, 5) is 39.1. The lowest BCUT2D eigenvalue weighted by atomic mass is 10.1. The molecule has 0 unspecified atom stereocenters. The van der Waals surface area contributed by atoms with Crippen molar-refractivity contribution in [1.29, 1.82) is 0 Å². The molecule has 4 amide bonds. The SMILES string of the molecule is CC(=O)NC[C@H]1CN(c2ccc(-c3ccc(C=NNC(N)=O)cn3)c(F)c2)C(=O)O1. The van der Waals surface area contributed by atoms with Crippen molar-refractivity contribution in [2.24, 2.45) is 10.8 Å². The average Bonchev–Trinajstić information content (AvgIpc) is 3.07. The summed E-state index contributed by atoms with van der Waals surface area (Å²) in [6.07, 6.45) is 1.68. The second-order valence-electron chi connectivity index (χ2n) is 6.43. The molecule has 0 aliphatic carbocycles. The molecule has 156 valence electrons. The normalized spacial score (nSPS) is 15.9. The summed E-state index contributed by atoms with van der Waals surface area (Å²) < 4.78 is 19.9. The van der Waals surface area contributed by atoms with Crippen molar-refractivity contribution in [1.82, 2.24) is 15.7 Å². The number of halogens is 1. The highest BCUT2D eigenvalue weighted by molar-refractivity contribution is 5.90. The number of hydrogen-bond acceptors (Lipinski definition) is 6. The Kier molecular flexibility index (Phi) is 6.20. The number of primary amides is 1. The van der Waals surface area contributed by atoms with Gasteiger partial charge in [0, 0.05) is 24.2 Å². The molecule has 10 nitrogen and oxygen atoms in total. The van der Waals surface area contributed by atoms with E-state index in [0.717, 1.165) is 0 Å². The lowest BCUT2D eigenvalue weighted by Gasteiger charge is -2.14. The average molecular weight is 414 g/mol. The molecule has 0 bridgehead atoms. The van der Waals surface area contributed by atoms with Gasteiger partial charge in [0.25, 0.3) is 0 Å². The number of urea groups is 1. The molecule has 1 aromatic heterocycles. The van der Waals surface area contributed by atoms with Crippen molar-refractivity contribution < 1.29 is 23.5 Å². The highest BCUT2D eigenvalue weighted by atomic mass is 19.1. The number of benzene rings is 1. The Balaban J connectivity index is 1.71. The highest BCUT2D eigenvalue weighted by Gasteiger charge is 2.32. The van der Waals surface area contributed by atoms with Crippen LogP contribution in [-0.2, 0) is 9.53 Å². The fourth-order valence-corrected chi connectivity index (χ4v) is 2.79. The smallest absolute Gasteiger partial charge is 0.414 e. The maximum Gasteiger partial charge on any atom is 0.414 e. The van der Waals surface area contributed by atoms with Crippen LogP contribution in [0.4, 0.5) is 19.7 Å². The Morgan fingerprint density at radius 2 is 2.20 bits per heavy atom. The molecule has 4 N–H and O–H groups in total. The van der Waals surface area contributed by atoms with Gasteiger partial charge in [-0.1, -0.05) is 0 Å². The lowest BCUT2D eigenvalue weighted by Crippen LogP contribution is -2.33. The first-order valence-electron chi connectivity index (χ1n) is 8.90. The molecular formula is C19H19FN6O4. The summed E-state index contributed by atoms with van der Waals surface area (Å²) in [7, 11) is 0. The first kappa shape index (κ1) is 20.7. The number of amides is 4. The van der Waals surface area contributed by atoms with Gasteiger partial charge >= 0.3 is 12.1 Å². The van der Waals surface area contributed by atoms with Gasteiger partial charge in [-0.3, -0.25) is 14.7 Å². The van der Waals surface area contributed by atoms with Gasteiger partial charge in [-0.25, -0.2) is 19.4 Å². The Morgan fingerprint density at radius 1 is 1.40 bits per heavy atom. The summed E-state index contributed by atoms with van der Waals surface area (Å²) in [5, 5.41) is 6.20. The number of nitrogens with one attached hydrogen (secondary N) is 2. The van der Waals surface area contributed by atoms with Gasteiger partial charge in [0.15, 0.2) is 0 Å². The van der Waals surface area contributed by atoms with Crippen LogP contribution in [0.3, 0.4) is 0 Å². The fourth-order valence-electron chi connectivity index (χ4n) is 2.79. The Morgan fingerprint density at radius 3 is 2.83 bits per heavy atom. The van der Waals surface area contributed by atoms with Crippen LogP contribution in [0.2, 0.25) is 0 Å². The van der Waals surface area contributed by atoms with Crippen LogP contribution in [0.25, 0.3) is 11.3 Å². The molecule has 30 heavy (non-hydrogen) atoms. The zero-order chi connectivity index (χ0) is 21.7. The summed E-state index contributed by atoms with van der Waals surface area (Å²) in [6, 6.07) is 6.79. The number of hydrazone groups is 1. The molecule has 3 rings (SSSR count). The van der Waals surface area contributed by atoms with Gasteiger partial charge in [0.1, 0.15) is 11.9 Å². The van der Waals surface area contributed by atoms with Crippen LogP contribution in [0.15, 0.2) is 41.6 Å². The van der Waals surface area contributed by atoms with Crippen LogP contribution in [0.1, 0.15) is 12.5 Å². The van der Waals surface area contributed by atoms with Gasteiger partial charge in [0.05, 0.1) is 30.7 Å². The largest absolute Gasteiger partial charge is 0.442 e. The van der Waals surface area contributed by atoms with Gasteiger partial charge in [-0.2, -0.15) is 5.10 Å². The van der Waals surface area contributed by atoms with Gasteiger partial charge in [-0.05, 0) is 30.3 Å². The molecule has 2 aromatic rings. The predicted octanol–water partition coefficient (Wildman–Crippen LogP) is 1.35. The van der Waals surface area contributed by atoms with Gasteiger partial charge < -0.3 is 15.8 Å². The number of nitrogens with zero attached hydrogens (tertiary/aromatic N) is 3. The quantitative estimate of drug-likeness (QED) is 0.484. The number of rotatable bonds is 6. The van der Waals surface area contributed by atoms with Crippen molar-refractivity contribution in [2.75, 3.05) is 18.0 Å². The van der Waals surface area contributed by atoms with E-state index < -0.39 is 24.0 Å². The van der Waals surface area contributed by atoms with E-state index in [0.29, 0.717) is 16.9 Å². The third-order valence-corrected chi connectivity index (χ3v) is 4.17. The molecule has 0 saturated carbocycles. The van der Waals surface area contributed by atoms with E-state index in [1.807, 2.05) is 0 Å². The van der Waals surface area contributed by atoms with Crippen molar-refractivity contribution in [2.45, 2.75) is 13.0 Å². The van der Waals surface area contributed by atoms with E-state index in [-0.39, 0.29) is 24.6 Å². The summed E-state index contributed by atoms with van der Waals surface area (Å²) in [6.45, 7) is 1.75. The first-order valence-corrected chi connectivity index (χ1v) is 8.90. The number of ether oxygens (including phenoxy) is 1. The minimum absolute atomic E-state index is 0.187. The third-order valence-electron chi connectivity index (χ3n) is 4.17. The van der Waals surface area contributed by atoms with Crippen molar-refractivity contribution >= 4 is 29.9 Å². The molecule has 0 spiro atoms. The topological polar surface area (TPSA) is 139 Å². The maximum absolute atomic E-state index is 14.7. The van der Waals surface area contributed by atoms with E-state index in [2.05, 4.69) is 20.8 Å². The van der Waals surface area contributed by atoms with Crippen molar-refractivity contribution in [3.63, 3.8) is 0 Å². The predicted molar refractivity (Wildman–Crippen MR) is 106 cm³/mol. The van der Waals surface area contributed by atoms with Crippen LogP contribution in [-0.4, -0.2) is 48.4 Å². The molecule has 1 saturated heterocycles. The zero-order valence-electron chi connectivity index (χ0n) is 16.0. The number of carbonyl (C=O) groups excluding carboxylic acids is 3. The van der Waals surface area contributed by atoms with E-state index in [9.17, 15) is 18.8 Å². The summed E-state index contributed by atoms with van der Waals surface area (Å²) in [5.41, 5.74) is 8.51. The van der Waals surface area contributed by atoms with E-state index >= 15 is 0 Å². The summed E-state index contributed by atoms with van der Waals surface area (Å²) >= 11 is 0. The highest BCUT2D eigenvalue weighted by Crippen LogP contribution is 2.28. The molecule has 2 heterocycles. The lowest BCUT2D eigenvalue weighted by molar-refractivity contribution is -0.119. The maximum atomic E-state index is 14.7. The molecule has 1 atom stereocenters. The summed E-state index contributed by atoms with van der Waals surface area (Å²) in [5.74, 6) is -0.788. The Hall–Kier alpha value is -4.02. The molecular weight excluding hydrogens is 395 g/mol. The van der Waals surface area contributed by atoms with Crippen molar-refractivity contribution in [3.05, 3.63) is 47.9 Å². The van der Waals surface area contributed by atoms with Gasteiger partial charge in [0.2, 0.25) is 5.91 Å². The number of carbonyl (C=O) groups is 3. The molecule has 1 aliphatic rings. The molecule has 1 aromatic carbocycles. The van der Waals surface area contributed by atoms with Crippen LogP contribution in [0.5, 0.6) is 0 Å². The van der Waals surface area contributed by atoms with Gasteiger partial charge in [-0.15, -0.1) is 0 Å². The van der Waals surface area contributed by atoms with Crippen LogP contribution in [0, 0.1) is 5.82 Å². The second kappa shape index (κ2) is 8.99. The Bertz CT molecular complexity index is 995. The number of hydrogen-bond donors (Lipinski definition) is 3. The zero-order valence-corrected chi connectivity index (χ0v) is 16.0. The Labute approximate surface area is 170 Å². The monoisotopic (exact) mass is 414 g/mol. The fraction of sp³-hybridized carbons (Fsp3) is 0.211. The number of nitrogens with two attached hydrogens (primary N) is 1. The molecule has 1 fully saturated rings. The number of anilines is 1. The first-order chi connectivity index (χ1) is 14.3. The minimum Gasteiger partial charge on any atom is -0.442 e. The molecule has 11 heteroatoms. The number of aromatic nitrogens is 1. The van der Waals surface area contributed by atoms with Crippen LogP contribution >= 0.6 is 0 Å². The van der Waals surface area contributed by atoms with E-state index in [1.54, 1.807) is 18.2 Å². The second-order valence-corrected chi connectivity index (χ2v) is 6.43. The van der Waals surface area contributed by atoms with E-state index in [4.69, 9.17) is 10.5 Å². The number of pyridine rings is 1.